The number of hydrogen-bond acceptors (Lipinski definition) is 4. The van der Waals surface area contributed by atoms with Gasteiger partial charge in [0.15, 0.2) is 0 Å². The van der Waals surface area contributed by atoms with Gasteiger partial charge in [0, 0.05) is 0 Å². The van der Waals surface area contributed by atoms with E-state index in [9.17, 15) is 9.59 Å². The molecule has 0 aliphatic rings. The van der Waals surface area contributed by atoms with Gasteiger partial charge in [0.05, 0.1) is 6.61 Å². The molecule has 0 aliphatic heterocycles. The lowest BCUT2D eigenvalue weighted by molar-refractivity contribution is 0.0505. The number of rotatable bonds is 5. The highest BCUT2D eigenvalue weighted by molar-refractivity contribution is 7.15. The van der Waals surface area contributed by atoms with E-state index in [0.29, 0.717) is 11.5 Å². The van der Waals surface area contributed by atoms with Gasteiger partial charge < -0.3 is 9.84 Å². The summed E-state index contributed by atoms with van der Waals surface area (Å²) in [6, 6.07) is 2.88. The van der Waals surface area contributed by atoms with Crippen LogP contribution in [0.1, 0.15) is 39.1 Å². The molecule has 0 aromatic carbocycles. The van der Waals surface area contributed by atoms with E-state index in [1.165, 1.54) is 12.1 Å². The van der Waals surface area contributed by atoms with Gasteiger partial charge in [0.1, 0.15) is 9.75 Å². The van der Waals surface area contributed by atoms with Gasteiger partial charge in [-0.15, -0.1) is 11.3 Å². The Morgan fingerprint density at radius 2 is 2.07 bits per heavy atom. The van der Waals surface area contributed by atoms with Crippen molar-refractivity contribution in [3.63, 3.8) is 0 Å². The van der Waals surface area contributed by atoms with E-state index >= 15 is 0 Å². The third-order valence-corrected chi connectivity index (χ3v) is 2.80. The van der Waals surface area contributed by atoms with Crippen LogP contribution >= 0.6 is 11.3 Å². The average molecular weight is 228 g/mol. The molecule has 82 valence electrons. The number of carbonyl (C=O) groups excluding carboxylic acids is 1. The van der Waals surface area contributed by atoms with Gasteiger partial charge in [-0.05, 0) is 18.6 Å². The Labute approximate surface area is 91.5 Å². The van der Waals surface area contributed by atoms with E-state index in [1.807, 2.05) is 6.92 Å². The van der Waals surface area contributed by atoms with Crippen molar-refractivity contribution in [2.45, 2.75) is 19.8 Å². The van der Waals surface area contributed by atoms with E-state index in [2.05, 4.69) is 0 Å². The molecular formula is C10H12O4S. The molecule has 0 aliphatic carbocycles. The van der Waals surface area contributed by atoms with E-state index < -0.39 is 11.9 Å². The molecule has 0 saturated heterocycles. The number of aromatic carboxylic acids is 1. The summed E-state index contributed by atoms with van der Waals surface area (Å²) < 4.78 is 4.94. The number of thiophene rings is 1. The molecule has 1 aromatic heterocycles. The highest BCUT2D eigenvalue weighted by atomic mass is 32.1. The predicted molar refractivity (Wildman–Crippen MR) is 56.5 cm³/mol. The first-order valence-corrected chi connectivity index (χ1v) is 5.47. The Morgan fingerprint density at radius 1 is 1.40 bits per heavy atom. The van der Waals surface area contributed by atoms with Crippen LogP contribution in [-0.2, 0) is 4.74 Å². The molecule has 0 bridgehead atoms. The minimum atomic E-state index is -1.02. The van der Waals surface area contributed by atoms with Crippen molar-refractivity contribution >= 4 is 23.3 Å². The van der Waals surface area contributed by atoms with Gasteiger partial charge in [-0.3, -0.25) is 0 Å². The van der Waals surface area contributed by atoms with Crippen molar-refractivity contribution in [1.82, 2.24) is 0 Å². The van der Waals surface area contributed by atoms with Crippen molar-refractivity contribution in [3.05, 3.63) is 21.9 Å². The summed E-state index contributed by atoms with van der Waals surface area (Å²) in [6.45, 7) is 2.39. The summed E-state index contributed by atoms with van der Waals surface area (Å²) in [7, 11) is 0. The zero-order chi connectivity index (χ0) is 11.3. The van der Waals surface area contributed by atoms with Crippen molar-refractivity contribution in [3.8, 4) is 0 Å². The maximum atomic E-state index is 11.4. The van der Waals surface area contributed by atoms with Crippen molar-refractivity contribution in [1.29, 1.82) is 0 Å². The fourth-order valence-electron chi connectivity index (χ4n) is 0.943. The maximum Gasteiger partial charge on any atom is 0.348 e. The molecule has 0 spiro atoms. The van der Waals surface area contributed by atoms with Crippen LogP contribution in [0.4, 0.5) is 0 Å². The van der Waals surface area contributed by atoms with Crippen LogP contribution in [0.2, 0.25) is 0 Å². The molecular weight excluding hydrogens is 216 g/mol. The lowest BCUT2D eigenvalue weighted by atomic mass is 10.4. The van der Waals surface area contributed by atoms with Crippen LogP contribution in [0, 0.1) is 0 Å². The van der Waals surface area contributed by atoms with Crippen LogP contribution in [0.25, 0.3) is 0 Å². The summed E-state index contributed by atoms with van der Waals surface area (Å²) in [4.78, 5) is 22.4. The number of ether oxygens (including phenoxy) is 1. The summed E-state index contributed by atoms with van der Waals surface area (Å²) in [5.74, 6) is -1.46. The Hall–Kier alpha value is -1.36. The molecule has 0 unspecified atom stereocenters. The Morgan fingerprint density at radius 3 is 2.60 bits per heavy atom. The summed E-state index contributed by atoms with van der Waals surface area (Å²) in [5, 5.41) is 8.65. The molecule has 4 nitrogen and oxygen atoms in total. The first kappa shape index (κ1) is 11.7. The number of carboxylic acid groups (broad SMARTS) is 1. The van der Waals surface area contributed by atoms with Crippen LogP contribution in [0.5, 0.6) is 0 Å². The van der Waals surface area contributed by atoms with Gasteiger partial charge in [0.25, 0.3) is 0 Å². The number of esters is 1. The van der Waals surface area contributed by atoms with E-state index in [1.54, 1.807) is 0 Å². The monoisotopic (exact) mass is 228 g/mol. The van der Waals surface area contributed by atoms with Gasteiger partial charge in [0.2, 0.25) is 0 Å². The normalized spacial score (nSPS) is 9.93. The quantitative estimate of drug-likeness (QED) is 0.621. The van der Waals surface area contributed by atoms with Crippen LogP contribution < -0.4 is 0 Å². The SMILES string of the molecule is CCCCOC(=O)c1ccc(C(=O)O)s1. The Bertz CT molecular complexity index is 356. The molecule has 1 N–H and O–H groups in total. The Balaban J connectivity index is 2.54. The second kappa shape index (κ2) is 5.50. The molecule has 0 saturated carbocycles. The zero-order valence-electron chi connectivity index (χ0n) is 8.36. The van der Waals surface area contributed by atoms with Crippen LogP contribution in [-0.4, -0.2) is 23.7 Å². The highest BCUT2D eigenvalue weighted by Gasteiger charge is 2.13. The predicted octanol–water partition coefficient (Wildman–Crippen LogP) is 2.40. The number of hydrogen-bond donors (Lipinski definition) is 1. The highest BCUT2D eigenvalue weighted by Crippen LogP contribution is 2.17. The van der Waals surface area contributed by atoms with Gasteiger partial charge in [-0.25, -0.2) is 9.59 Å². The molecule has 5 heteroatoms. The number of carbonyl (C=O) groups is 2. The average Bonchev–Trinajstić information content (AvgIpc) is 2.66. The summed E-state index contributed by atoms with van der Waals surface area (Å²) in [5.41, 5.74) is 0. The van der Waals surface area contributed by atoms with E-state index in [4.69, 9.17) is 9.84 Å². The van der Waals surface area contributed by atoms with Gasteiger partial charge in [-0.2, -0.15) is 0 Å². The van der Waals surface area contributed by atoms with Crippen molar-refractivity contribution in [2.24, 2.45) is 0 Å². The van der Waals surface area contributed by atoms with Gasteiger partial charge >= 0.3 is 11.9 Å². The number of carboxylic acids is 1. The van der Waals surface area contributed by atoms with Crippen molar-refractivity contribution < 1.29 is 19.4 Å². The molecule has 1 rings (SSSR count). The van der Waals surface area contributed by atoms with E-state index in [0.717, 1.165) is 24.2 Å². The minimum absolute atomic E-state index is 0.150. The second-order valence-corrected chi connectivity index (χ2v) is 4.04. The molecule has 1 heterocycles. The van der Waals surface area contributed by atoms with Crippen LogP contribution in [0.3, 0.4) is 0 Å². The fraction of sp³-hybridized carbons (Fsp3) is 0.400. The number of unbranched alkanes of at least 4 members (excludes halogenated alkanes) is 1. The van der Waals surface area contributed by atoms with Crippen molar-refractivity contribution in [2.75, 3.05) is 6.61 Å². The third kappa shape index (κ3) is 3.36. The lowest BCUT2D eigenvalue weighted by Gasteiger charge is -2.00. The van der Waals surface area contributed by atoms with Crippen LogP contribution in [0.15, 0.2) is 12.1 Å². The smallest absolute Gasteiger partial charge is 0.348 e. The second-order valence-electron chi connectivity index (χ2n) is 2.96. The standard InChI is InChI=1S/C10H12O4S/c1-2-3-6-14-10(13)8-5-4-7(15-8)9(11)12/h4-5H,2-3,6H2,1H3,(H,11,12). The largest absolute Gasteiger partial charge is 0.477 e. The zero-order valence-corrected chi connectivity index (χ0v) is 9.17. The van der Waals surface area contributed by atoms with Gasteiger partial charge in [-0.1, -0.05) is 13.3 Å². The molecule has 0 atom stereocenters. The topological polar surface area (TPSA) is 63.6 Å². The molecule has 15 heavy (non-hydrogen) atoms. The van der Waals surface area contributed by atoms with E-state index in [-0.39, 0.29) is 4.88 Å². The maximum absolute atomic E-state index is 11.4. The fourth-order valence-corrected chi connectivity index (χ4v) is 1.68. The molecule has 0 fully saturated rings. The first-order chi connectivity index (χ1) is 7.15. The third-order valence-electron chi connectivity index (χ3n) is 1.75. The lowest BCUT2D eigenvalue weighted by Crippen LogP contribution is -2.04. The summed E-state index contributed by atoms with van der Waals surface area (Å²) in [6.07, 6.45) is 1.78. The Kier molecular flexibility index (Phi) is 4.30. The molecule has 0 radical (unpaired) electrons. The first-order valence-electron chi connectivity index (χ1n) is 4.65. The summed E-state index contributed by atoms with van der Waals surface area (Å²) >= 11 is 0.933. The minimum Gasteiger partial charge on any atom is -0.477 e. The molecule has 1 aromatic rings. The molecule has 0 amide bonds.